The van der Waals surface area contributed by atoms with Gasteiger partial charge in [-0.15, -0.1) is 0 Å². The number of rotatable bonds is 5. The molecule has 1 aromatic carbocycles. The molecule has 1 aromatic rings. The standard InChI is InChI=1S/C14H22N2O3S/c1-11-14(2,7-8-19-11)16-20(17,18)13-6-4-5-12(9-13)10-15-3/h4-6,9,11,15-16H,7-8,10H2,1-3H3. The normalized spacial score (nSPS) is 26.9. The van der Waals surface area contributed by atoms with Crippen LogP contribution in [0.3, 0.4) is 0 Å². The van der Waals surface area contributed by atoms with E-state index in [0.29, 0.717) is 24.5 Å². The van der Waals surface area contributed by atoms with Gasteiger partial charge in [0.2, 0.25) is 10.0 Å². The summed E-state index contributed by atoms with van der Waals surface area (Å²) in [7, 11) is -1.70. The molecule has 20 heavy (non-hydrogen) atoms. The van der Waals surface area contributed by atoms with E-state index in [9.17, 15) is 8.42 Å². The topological polar surface area (TPSA) is 67.4 Å². The average molecular weight is 298 g/mol. The highest BCUT2D eigenvalue weighted by Crippen LogP contribution is 2.27. The van der Waals surface area contributed by atoms with Gasteiger partial charge in [-0.2, -0.15) is 0 Å². The second kappa shape index (κ2) is 5.81. The van der Waals surface area contributed by atoms with Gasteiger partial charge in [-0.25, -0.2) is 13.1 Å². The van der Waals surface area contributed by atoms with Crippen molar-refractivity contribution in [3.63, 3.8) is 0 Å². The summed E-state index contributed by atoms with van der Waals surface area (Å²) >= 11 is 0. The highest BCUT2D eigenvalue weighted by molar-refractivity contribution is 7.89. The van der Waals surface area contributed by atoms with E-state index in [2.05, 4.69) is 10.0 Å². The zero-order valence-corrected chi connectivity index (χ0v) is 13.0. The van der Waals surface area contributed by atoms with Gasteiger partial charge >= 0.3 is 0 Å². The Bertz CT molecular complexity index is 574. The Morgan fingerprint density at radius 3 is 2.80 bits per heavy atom. The predicted octanol–water partition coefficient (Wildman–Crippen LogP) is 1.25. The molecule has 0 saturated carbocycles. The lowest BCUT2D eigenvalue weighted by Gasteiger charge is -2.28. The van der Waals surface area contributed by atoms with E-state index < -0.39 is 15.6 Å². The quantitative estimate of drug-likeness (QED) is 0.858. The van der Waals surface area contributed by atoms with Crippen LogP contribution in [0.5, 0.6) is 0 Å². The van der Waals surface area contributed by atoms with Gasteiger partial charge in [-0.1, -0.05) is 12.1 Å². The summed E-state index contributed by atoms with van der Waals surface area (Å²) < 4.78 is 33.3. The van der Waals surface area contributed by atoms with E-state index in [1.54, 1.807) is 18.2 Å². The molecule has 1 aliphatic heterocycles. The maximum Gasteiger partial charge on any atom is 0.241 e. The molecule has 0 spiro atoms. The first-order chi connectivity index (χ1) is 9.37. The molecule has 1 aliphatic rings. The van der Waals surface area contributed by atoms with Crippen molar-refractivity contribution >= 4 is 10.0 Å². The summed E-state index contributed by atoms with van der Waals surface area (Å²) in [5.41, 5.74) is 0.397. The Labute approximate surface area is 120 Å². The van der Waals surface area contributed by atoms with Crippen LogP contribution in [0.2, 0.25) is 0 Å². The number of ether oxygens (including phenoxy) is 1. The molecule has 0 aliphatic carbocycles. The van der Waals surface area contributed by atoms with E-state index in [1.807, 2.05) is 27.0 Å². The lowest BCUT2D eigenvalue weighted by atomic mass is 9.97. The first kappa shape index (κ1) is 15.4. The molecule has 0 radical (unpaired) electrons. The number of hydrogen-bond donors (Lipinski definition) is 2. The Morgan fingerprint density at radius 2 is 2.20 bits per heavy atom. The van der Waals surface area contributed by atoms with Crippen LogP contribution in [0.1, 0.15) is 25.8 Å². The van der Waals surface area contributed by atoms with Crippen molar-refractivity contribution in [2.45, 2.75) is 43.4 Å². The highest BCUT2D eigenvalue weighted by Gasteiger charge is 2.40. The van der Waals surface area contributed by atoms with Crippen molar-refractivity contribution in [1.29, 1.82) is 0 Å². The monoisotopic (exact) mass is 298 g/mol. The van der Waals surface area contributed by atoms with E-state index in [1.165, 1.54) is 0 Å². The van der Waals surface area contributed by atoms with E-state index in [-0.39, 0.29) is 6.10 Å². The van der Waals surface area contributed by atoms with Gasteiger partial charge in [0.05, 0.1) is 16.5 Å². The number of hydrogen-bond acceptors (Lipinski definition) is 4. The molecule has 0 aromatic heterocycles. The molecule has 1 saturated heterocycles. The minimum Gasteiger partial charge on any atom is -0.376 e. The zero-order valence-electron chi connectivity index (χ0n) is 12.1. The Morgan fingerprint density at radius 1 is 1.45 bits per heavy atom. The van der Waals surface area contributed by atoms with Crippen LogP contribution in [0, 0.1) is 0 Å². The second-order valence-electron chi connectivity index (χ2n) is 5.46. The maximum atomic E-state index is 12.5. The van der Waals surface area contributed by atoms with Gasteiger partial charge in [0, 0.05) is 13.2 Å². The minimum atomic E-state index is -3.53. The number of nitrogens with one attached hydrogen (secondary N) is 2. The number of sulfonamides is 1. The Kier molecular flexibility index (Phi) is 4.49. The first-order valence-electron chi connectivity index (χ1n) is 6.76. The van der Waals surface area contributed by atoms with Crippen LogP contribution < -0.4 is 10.0 Å². The zero-order chi connectivity index (χ0) is 14.8. The molecular weight excluding hydrogens is 276 g/mol. The molecule has 6 heteroatoms. The Hall–Kier alpha value is -0.950. The lowest BCUT2D eigenvalue weighted by molar-refractivity contribution is 0.0957. The molecular formula is C14H22N2O3S. The van der Waals surface area contributed by atoms with Gasteiger partial charge in [0.1, 0.15) is 0 Å². The summed E-state index contributed by atoms with van der Waals surface area (Å²) in [6.45, 7) is 5.01. The van der Waals surface area contributed by atoms with Crippen molar-refractivity contribution in [3.05, 3.63) is 29.8 Å². The predicted molar refractivity (Wildman–Crippen MR) is 78.0 cm³/mol. The highest BCUT2D eigenvalue weighted by atomic mass is 32.2. The summed E-state index contributed by atoms with van der Waals surface area (Å²) in [5, 5.41) is 3.02. The van der Waals surface area contributed by atoms with E-state index in [0.717, 1.165) is 5.56 Å². The molecule has 0 bridgehead atoms. The van der Waals surface area contributed by atoms with Crippen LogP contribution in [-0.2, 0) is 21.3 Å². The summed E-state index contributed by atoms with van der Waals surface area (Å²) in [4.78, 5) is 0.297. The van der Waals surface area contributed by atoms with Gasteiger partial charge in [-0.05, 0) is 45.0 Å². The average Bonchev–Trinajstić information content (AvgIpc) is 2.69. The van der Waals surface area contributed by atoms with Crippen LogP contribution in [0.4, 0.5) is 0 Å². The van der Waals surface area contributed by atoms with Crippen molar-refractivity contribution in [3.8, 4) is 0 Å². The molecule has 2 rings (SSSR count). The van der Waals surface area contributed by atoms with Crippen LogP contribution in [0.15, 0.2) is 29.2 Å². The largest absolute Gasteiger partial charge is 0.376 e. The van der Waals surface area contributed by atoms with Gasteiger partial charge in [-0.3, -0.25) is 0 Å². The molecule has 2 atom stereocenters. The molecule has 1 heterocycles. The third kappa shape index (κ3) is 3.20. The van der Waals surface area contributed by atoms with Gasteiger partial charge in [0.15, 0.2) is 0 Å². The van der Waals surface area contributed by atoms with E-state index >= 15 is 0 Å². The molecule has 1 fully saturated rings. The van der Waals surface area contributed by atoms with E-state index in [4.69, 9.17) is 4.74 Å². The van der Waals surface area contributed by atoms with Crippen molar-refractivity contribution in [2.75, 3.05) is 13.7 Å². The third-order valence-electron chi connectivity index (χ3n) is 3.84. The van der Waals surface area contributed by atoms with Gasteiger partial charge in [0.25, 0.3) is 0 Å². The molecule has 5 nitrogen and oxygen atoms in total. The fourth-order valence-corrected chi connectivity index (χ4v) is 3.93. The smallest absolute Gasteiger partial charge is 0.241 e. The summed E-state index contributed by atoms with van der Waals surface area (Å²) in [5.74, 6) is 0. The fraction of sp³-hybridized carbons (Fsp3) is 0.571. The third-order valence-corrected chi connectivity index (χ3v) is 5.45. The fourth-order valence-electron chi connectivity index (χ4n) is 2.36. The van der Waals surface area contributed by atoms with Crippen LogP contribution in [0.25, 0.3) is 0 Å². The van der Waals surface area contributed by atoms with Crippen LogP contribution >= 0.6 is 0 Å². The summed E-state index contributed by atoms with van der Waals surface area (Å²) in [6.07, 6.45) is 0.557. The maximum absolute atomic E-state index is 12.5. The van der Waals surface area contributed by atoms with Gasteiger partial charge < -0.3 is 10.1 Å². The first-order valence-corrected chi connectivity index (χ1v) is 8.25. The minimum absolute atomic E-state index is 0.127. The van der Waals surface area contributed by atoms with Crippen molar-refractivity contribution < 1.29 is 13.2 Å². The molecule has 2 unspecified atom stereocenters. The molecule has 2 N–H and O–H groups in total. The second-order valence-corrected chi connectivity index (χ2v) is 7.15. The lowest BCUT2D eigenvalue weighted by Crippen LogP contribution is -2.50. The van der Waals surface area contributed by atoms with Crippen molar-refractivity contribution in [1.82, 2.24) is 10.0 Å². The van der Waals surface area contributed by atoms with Crippen molar-refractivity contribution in [2.24, 2.45) is 0 Å². The Balaban J connectivity index is 2.24. The molecule has 0 amide bonds. The molecule has 112 valence electrons. The van der Waals surface area contributed by atoms with Crippen LogP contribution in [-0.4, -0.2) is 33.7 Å². The number of benzene rings is 1. The SMILES string of the molecule is CNCc1cccc(S(=O)(=O)NC2(C)CCOC2C)c1. The summed E-state index contributed by atoms with van der Waals surface area (Å²) in [6, 6.07) is 6.98.